The van der Waals surface area contributed by atoms with Crippen LogP contribution in [-0.4, -0.2) is 4.98 Å². The molecule has 4 heteroatoms. The minimum atomic E-state index is 0.171. The van der Waals surface area contributed by atoms with Crippen LogP contribution in [-0.2, 0) is 0 Å². The van der Waals surface area contributed by atoms with Crippen molar-refractivity contribution in [2.75, 3.05) is 0 Å². The molecule has 1 aromatic rings. The third kappa shape index (κ3) is 1.47. The van der Waals surface area contributed by atoms with E-state index in [4.69, 9.17) is 23.4 Å². The molecule has 0 bridgehead atoms. The Morgan fingerprint density at radius 3 is 2.62 bits per heavy atom. The van der Waals surface area contributed by atoms with Gasteiger partial charge in [-0.1, -0.05) is 11.6 Å². The van der Waals surface area contributed by atoms with Crippen LogP contribution in [0.4, 0.5) is 5.69 Å². The summed E-state index contributed by atoms with van der Waals surface area (Å²) < 4.78 is 0. The lowest BCUT2D eigenvalue weighted by Gasteiger charge is -2.04. The fraction of sp³-hybridized carbons (Fsp3) is 0.222. The van der Waals surface area contributed by atoms with E-state index < -0.39 is 0 Å². The Bertz CT molecular complexity index is 399. The molecule has 0 fully saturated rings. The van der Waals surface area contributed by atoms with Crippen molar-refractivity contribution >= 4 is 17.3 Å². The number of pyridine rings is 1. The molecule has 0 unspecified atom stereocenters. The van der Waals surface area contributed by atoms with Crippen molar-refractivity contribution in [2.45, 2.75) is 13.8 Å². The van der Waals surface area contributed by atoms with Gasteiger partial charge in [0.05, 0.1) is 12.1 Å². The van der Waals surface area contributed by atoms with Gasteiger partial charge < -0.3 is 0 Å². The van der Waals surface area contributed by atoms with Crippen molar-refractivity contribution < 1.29 is 0 Å². The predicted molar refractivity (Wildman–Crippen MR) is 49.7 cm³/mol. The molecule has 0 radical (unpaired) electrons. The van der Waals surface area contributed by atoms with Crippen LogP contribution < -0.4 is 0 Å². The van der Waals surface area contributed by atoms with Crippen molar-refractivity contribution in [1.82, 2.24) is 4.98 Å². The van der Waals surface area contributed by atoms with E-state index in [2.05, 4.69) is 9.83 Å². The van der Waals surface area contributed by atoms with Crippen molar-refractivity contribution in [2.24, 2.45) is 0 Å². The van der Waals surface area contributed by atoms with E-state index >= 15 is 0 Å². The standard InChI is InChI=1S/C9H6ClN3/c1-5-7(4-11)9(10)13-6(2)8(5)12-3/h1-2H3. The molecule has 3 nitrogen and oxygen atoms in total. The van der Waals surface area contributed by atoms with Gasteiger partial charge in [0.25, 0.3) is 0 Å². The number of halogens is 1. The van der Waals surface area contributed by atoms with E-state index in [-0.39, 0.29) is 5.15 Å². The summed E-state index contributed by atoms with van der Waals surface area (Å²) in [6.07, 6.45) is 0. The topological polar surface area (TPSA) is 41.0 Å². The fourth-order valence-corrected chi connectivity index (χ4v) is 1.41. The molecule has 64 valence electrons. The van der Waals surface area contributed by atoms with Gasteiger partial charge in [0.1, 0.15) is 11.2 Å². The molecule has 0 aliphatic rings. The lowest BCUT2D eigenvalue weighted by molar-refractivity contribution is 1.17. The number of nitriles is 1. The van der Waals surface area contributed by atoms with Crippen LogP contribution in [0.3, 0.4) is 0 Å². The third-order valence-corrected chi connectivity index (χ3v) is 2.04. The predicted octanol–water partition coefficient (Wildman–Crippen LogP) is 2.77. The lowest BCUT2D eigenvalue weighted by atomic mass is 10.1. The summed E-state index contributed by atoms with van der Waals surface area (Å²) in [6, 6.07) is 1.93. The Balaban J connectivity index is 3.63. The summed E-state index contributed by atoms with van der Waals surface area (Å²) in [7, 11) is 0. The Morgan fingerprint density at radius 2 is 2.15 bits per heavy atom. The van der Waals surface area contributed by atoms with Crippen molar-refractivity contribution in [1.29, 1.82) is 5.26 Å². The Kier molecular flexibility index (Phi) is 2.51. The molecular weight excluding hydrogens is 186 g/mol. The molecule has 1 aromatic heterocycles. The smallest absolute Gasteiger partial charge is 0.212 e. The number of aromatic nitrogens is 1. The minimum absolute atomic E-state index is 0.171. The number of hydrogen-bond donors (Lipinski definition) is 0. The van der Waals surface area contributed by atoms with Crippen molar-refractivity contribution in [3.8, 4) is 6.07 Å². The van der Waals surface area contributed by atoms with Crippen LogP contribution in [0.15, 0.2) is 0 Å². The van der Waals surface area contributed by atoms with E-state index in [1.807, 2.05) is 6.07 Å². The SMILES string of the molecule is [C-]#[N+]c1c(C)nc(Cl)c(C#N)c1C. The normalized spacial score (nSPS) is 9.00. The summed E-state index contributed by atoms with van der Waals surface area (Å²) in [5.41, 5.74) is 1.88. The molecular formula is C9H6ClN3. The van der Waals surface area contributed by atoms with Gasteiger partial charge in [-0.15, -0.1) is 0 Å². The highest BCUT2D eigenvalue weighted by atomic mass is 35.5. The first-order valence-corrected chi connectivity index (χ1v) is 3.93. The molecule has 0 spiro atoms. The maximum Gasteiger partial charge on any atom is 0.212 e. The van der Waals surface area contributed by atoms with Gasteiger partial charge in [0.2, 0.25) is 5.69 Å². The molecule has 1 heterocycles. The molecule has 0 amide bonds. The van der Waals surface area contributed by atoms with Gasteiger partial charge in [0.15, 0.2) is 0 Å². The summed E-state index contributed by atoms with van der Waals surface area (Å²) in [6.45, 7) is 10.3. The number of rotatable bonds is 0. The highest BCUT2D eigenvalue weighted by molar-refractivity contribution is 6.30. The van der Waals surface area contributed by atoms with Crippen LogP contribution in [0.5, 0.6) is 0 Å². The second-order valence-electron chi connectivity index (χ2n) is 2.56. The first-order valence-electron chi connectivity index (χ1n) is 3.56. The molecule has 0 aliphatic heterocycles. The summed E-state index contributed by atoms with van der Waals surface area (Å²) in [5, 5.41) is 8.90. The highest BCUT2D eigenvalue weighted by Gasteiger charge is 2.12. The van der Waals surface area contributed by atoms with Crippen LogP contribution >= 0.6 is 11.6 Å². The van der Waals surface area contributed by atoms with Gasteiger partial charge in [-0.25, -0.2) is 4.85 Å². The molecule has 1 rings (SSSR count). The Hall–Kier alpha value is -1.58. The minimum Gasteiger partial charge on any atom is -0.252 e. The Morgan fingerprint density at radius 1 is 1.54 bits per heavy atom. The first-order chi connectivity index (χ1) is 6.11. The number of hydrogen-bond acceptors (Lipinski definition) is 2. The lowest BCUT2D eigenvalue weighted by Crippen LogP contribution is -1.92. The monoisotopic (exact) mass is 191 g/mol. The van der Waals surface area contributed by atoms with Gasteiger partial charge in [0, 0.05) is 5.69 Å². The van der Waals surface area contributed by atoms with Crippen LogP contribution in [0, 0.1) is 31.8 Å². The number of aryl methyl sites for hydroxylation is 1. The highest BCUT2D eigenvalue weighted by Crippen LogP contribution is 2.28. The Labute approximate surface area is 81.4 Å². The van der Waals surface area contributed by atoms with Crippen molar-refractivity contribution in [3.05, 3.63) is 33.4 Å². The first kappa shape index (κ1) is 9.51. The molecule has 0 saturated heterocycles. The maximum atomic E-state index is 8.73. The summed E-state index contributed by atoms with van der Waals surface area (Å²) in [5.74, 6) is 0. The van der Waals surface area contributed by atoms with Gasteiger partial charge in [-0.2, -0.15) is 5.26 Å². The van der Waals surface area contributed by atoms with E-state index in [0.29, 0.717) is 22.5 Å². The fourth-order valence-electron chi connectivity index (χ4n) is 1.10. The zero-order valence-electron chi connectivity index (χ0n) is 7.22. The second-order valence-corrected chi connectivity index (χ2v) is 2.92. The molecule has 0 aliphatic carbocycles. The zero-order valence-corrected chi connectivity index (χ0v) is 7.98. The van der Waals surface area contributed by atoms with E-state index in [0.717, 1.165) is 0 Å². The van der Waals surface area contributed by atoms with E-state index in [9.17, 15) is 0 Å². The van der Waals surface area contributed by atoms with E-state index in [1.165, 1.54) is 0 Å². The van der Waals surface area contributed by atoms with Gasteiger partial charge in [-0.05, 0) is 19.4 Å². The van der Waals surface area contributed by atoms with Crippen LogP contribution in [0.25, 0.3) is 4.85 Å². The molecule has 13 heavy (non-hydrogen) atoms. The average molecular weight is 192 g/mol. The largest absolute Gasteiger partial charge is 0.252 e. The van der Waals surface area contributed by atoms with Gasteiger partial charge >= 0.3 is 0 Å². The second kappa shape index (κ2) is 3.43. The van der Waals surface area contributed by atoms with E-state index in [1.54, 1.807) is 13.8 Å². The quantitative estimate of drug-likeness (QED) is 0.467. The zero-order chi connectivity index (χ0) is 10.0. The maximum absolute atomic E-state index is 8.73. The summed E-state index contributed by atoms with van der Waals surface area (Å²) in [4.78, 5) is 7.20. The third-order valence-electron chi connectivity index (χ3n) is 1.77. The molecule has 0 atom stereocenters. The molecule has 0 N–H and O–H groups in total. The molecule has 0 saturated carbocycles. The number of nitrogens with zero attached hydrogens (tertiary/aromatic N) is 3. The van der Waals surface area contributed by atoms with Crippen molar-refractivity contribution in [3.63, 3.8) is 0 Å². The average Bonchev–Trinajstić information content (AvgIpc) is 2.04. The van der Waals surface area contributed by atoms with Crippen LogP contribution in [0.1, 0.15) is 16.8 Å². The van der Waals surface area contributed by atoms with Crippen LogP contribution in [0.2, 0.25) is 5.15 Å². The van der Waals surface area contributed by atoms with Gasteiger partial charge in [-0.3, -0.25) is 4.98 Å². The summed E-state index contributed by atoms with van der Waals surface area (Å²) >= 11 is 5.73. The molecule has 0 aromatic carbocycles.